The summed E-state index contributed by atoms with van der Waals surface area (Å²) < 4.78 is 69.9. The minimum absolute atomic E-state index is 0.318. The first-order valence-electron chi connectivity index (χ1n) is 14.6. The number of hydrogen-bond donors (Lipinski definition) is 0. The third kappa shape index (κ3) is 10.4. The van der Waals surface area contributed by atoms with E-state index < -0.39 is 32.5 Å². The SMILES string of the molecule is C[Si](C)(C)OC(CP(c1ccc(F)cc1)c1ccc(F)cc1)C(CP(c1ccc(F)cc1)c1ccc(F)cc1)O[Si](C)(C)C. The summed E-state index contributed by atoms with van der Waals surface area (Å²) in [5.74, 6) is -1.27. The van der Waals surface area contributed by atoms with Gasteiger partial charge >= 0.3 is 0 Å². The molecule has 0 radical (unpaired) electrons. The largest absolute Gasteiger partial charge is 0.412 e. The molecule has 0 saturated heterocycles. The summed E-state index contributed by atoms with van der Waals surface area (Å²) in [5, 5.41) is 3.85. The lowest BCUT2D eigenvalue weighted by molar-refractivity contribution is 0.0731. The molecule has 2 atom stereocenters. The number of rotatable bonds is 13. The first kappa shape index (κ1) is 34.7. The Morgan fingerprint density at radius 3 is 0.818 bits per heavy atom. The van der Waals surface area contributed by atoms with E-state index >= 15 is 0 Å². The van der Waals surface area contributed by atoms with E-state index in [0.717, 1.165) is 21.2 Å². The molecule has 0 spiro atoms. The first-order chi connectivity index (χ1) is 20.7. The molecule has 2 unspecified atom stereocenters. The molecule has 234 valence electrons. The summed E-state index contributed by atoms with van der Waals surface area (Å²) in [6.45, 7) is 12.9. The standard InChI is InChI=1S/C34H40F4O2P2Si2/c1-43(2,3)39-33(23-41(29-15-7-25(35)8-16-29)30-17-9-26(36)10-18-30)34(40-44(4,5)6)24-42(31-19-11-27(37)12-20-31)32-21-13-28(38)14-22-32/h7-22,33-34H,23-24H2,1-6H3. The van der Waals surface area contributed by atoms with Crippen LogP contribution in [0, 0.1) is 23.3 Å². The van der Waals surface area contributed by atoms with Gasteiger partial charge < -0.3 is 8.85 Å². The summed E-state index contributed by atoms with van der Waals surface area (Å²) in [7, 11) is -6.43. The molecule has 4 aromatic carbocycles. The van der Waals surface area contributed by atoms with E-state index in [1.54, 1.807) is 48.5 Å². The van der Waals surface area contributed by atoms with Gasteiger partial charge in [-0.3, -0.25) is 0 Å². The van der Waals surface area contributed by atoms with Crippen LogP contribution < -0.4 is 21.2 Å². The van der Waals surface area contributed by atoms with Crippen LogP contribution in [0.4, 0.5) is 17.6 Å². The Morgan fingerprint density at radius 2 is 0.636 bits per heavy atom. The summed E-state index contributed by atoms with van der Waals surface area (Å²) in [6.07, 6.45) is 0.505. The quantitative estimate of drug-likeness (QED) is 0.0808. The highest BCUT2D eigenvalue weighted by Crippen LogP contribution is 2.41. The minimum atomic E-state index is -2.14. The van der Waals surface area contributed by atoms with Crippen molar-refractivity contribution < 1.29 is 26.4 Å². The Bertz CT molecular complexity index is 1270. The smallest absolute Gasteiger partial charge is 0.184 e. The monoisotopic (exact) mass is 674 g/mol. The second kappa shape index (κ2) is 14.9. The van der Waals surface area contributed by atoms with Gasteiger partial charge in [0.15, 0.2) is 16.6 Å². The van der Waals surface area contributed by atoms with Gasteiger partial charge in [0.25, 0.3) is 0 Å². The van der Waals surface area contributed by atoms with Crippen molar-refractivity contribution >= 4 is 53.7 Å². The molecule has 44 heavy (non-hydrogen) atoms. The van der Waals surface area contributed by atoms with E-state index in [9.17, 15) is 17.6 Å². The lowest BCUT2D eigenvalue weighted by Gasteiger charge is -2.39. The van der Waals surface area contributed by atoms with E-state index in [0.29, 0.717) is 12.3 Å². The van der Waals surface area contributed by atoms with Crippen molar-refractivity contribution in [1.29, 1.82) is 0 Å². The highest BCUT2D eigenvalue weighted by atomic mass is 31.1. The van der Waals surface area contributed by atoms with Crippen molar-refractivity contribution in [2.45, 2.75) is 51.5 Å². The van der Waals surface area contributed by atoms with Crippen molar-refractivity contribution in [3.63, 3.8) is 0 Å². The maximum atomic E-state index is 14.0. The van der Waals surface area contributed by atoms with Crippen LogP contribution in [0.2, 0.25) is 39.3 Å². The molecule has 0 aliphatic carbocycles. The van der Waals surface area contributed by atoms with Crippen molar-refractivity contribution in [2.24, 2.45) is 0 Å². The molecule has 0 aliphatic heterocycles. The fraction of sp³-hybridized carbons (Fsp3) is 0.294. The van der Waals surface area contributed by atoms with Crippen LogP contribution in [0.5, 0.6) is 0 Å². The van der Waals surface area contributed by atoms with Gasteiger partial charge in [-0.25, -0.2) is 17.6 Å². The Balaban J connectivity index is 1.81. The molecule has 0 N–H and O–H groups in total. The molecule has 0 aromatic heterocycles. The average Bonchev–Trinajstić information content (AvgIpc) is 2.94. The fourth-order valence-corrected chi connectivity index (χ4v) is 12.3. The number of hydrogen-bond acceptors (Lipinski definition) is 2. The van der Waals surface area contributed by atoms with Crippen LogP contribution in [0.25, 0.3) is 0 Å². The summed E-state index contributed by atoms with van der Waals surface area (Å²) >= 11 is 0. The second-order valence-corrected chi connectivity index (χ2v) is 26.1. The van der Waals surface area contributed by atoms with Crippen LogP contribution in [0.15, 0.2) is 97.1 Å². The van der Waals surface area contributed by atoms with Gasteiger partial charge in [-0.15, -0.1) is 0 Å². The van der Waals surface area contributed by atoms with E-state index in [4.69, 9.17) is 8.85 Å². The second-order valence-electron chi connectivity index (χ2n) is 12.7. The Kier molecular flexibility index (Phi) is 11.8. The van der Waals surface area contributed by atoms with Crippen LogP contribution in [-0.4, -0.2) is 41.2 Å². The van der Waals surface area contributed by atoms with E-state index in [-0.39, 0.29) is 35.5 Å². The van der Waals surface area contributed by atoms with Crippen LogP contribution in [-0.2, 0) is 8.85 Å². The molecule has 10 heteroatoms. The molecule has 2 nitrogen and oxygen atoms in total. The van der Waals surface area contributed by atoms with Crippen molar-refractivity contribution in [2.75, 3.05) is 12.3 Å². The van der Waals surface area contributed by atoms with Crippen molar-refractivity contribution in [1.82, 2.24) is 0 Å². The molecule has 0 amide bonds. The average molecular weight is 675 g/mol. The zero-order valence-corrected chi connectivity index (χ0v) is 29.8. The topological polar surface area (TPSA) is 18.5 Å². The van der Waals surface area contributed by atoms with Crippen LogP contribution in [0.1, 0.15) is 0 Å². The third-order valence-corrected chi connectivity index (χ3v) is 13.9. The highest BCUT2D eigenvalue weighted by molar-refractivity contribution is 7.73. The molecule has 0 saturated carbocycles. The van der Waals surface area contributed by atoms with Gasteiger partial charge in [-0.2, -0.15) is 0 Å². The molecule has 4 aromatic rings. The molecular weight excluding hydrogens is 634 g/mol. The zero-order chi connectivity index (χ0) is 32.1. The van der Waals surface area contributed by atoms with Crippen molar-refractivity contribution in [3.05, 3.63) is 120 Å². The first-order valence-corrected chi connectivity index (χ1v) is 24.5. The normalized spacial score (nSPS) is 13.8. The van der Waals surface area contributed by atoms with Gasteiger partial charge in [0, 0.05) is 12.3 Å². The Labute approximate surface area is 263 Å². The molecule has 0 bridgehead atoms. The molecular formula is C34H40F4O2P2Si2. The predicted molar refractivity (Wildman–Crippen MR) is 184 cm³/mol. The van der Waals surface area contributed by atoms with Crippen LogP contribution in [0.3, 0.4) is 0 Å². The zero-order valence-electron chi connectivity index (χ0n) is 26.0. The third-order valence-electron chi connectivity index (χ3n) is 6.70. The summed E-state index contributed by atoms with van der Waals surface area (Å²) in [5.41, 5.74) is 0. The lowest BCUT2D eigenvalue weighted by Crippen LogP contribution is -2.48. The Morgan fingerprint density at radius 1 is 0.432 bits per heavy atom. The minimum Gasteiger partial charge on any atom is -0.412 e. The summed E-state index contributed by atoms with van der Waals surface area (Å²) in [6, 6.07) is 26.1. The summed E-state index contributed by atoms with van der Waals surface area (Å²) in [4.78, 5) is 0. The maximum Gasteiger partial charge on any atom is 0.184 e. The van der Waals surface area contributed by atoms with Gasteiger partial charge in [0.05, 0.1) is 12.2 Å². The van der Waals surface area contributed by atoms with E-state index in [1.807, 2.05) is 0 Å². The number of halogens is 4. The predicted octanol–water partition coefficient (Wildman–Crippen LogP) is 8.25. The molecule has 0 fully saturated rings. The molecule has 0 heterocycles. The van der Waals surface area contributed by atoms with Gasteiger partial charge in [-0.05, 0) is 125 Å². The number of benzene rings is 4. The molecule has 4 rings (SSSR count). The van der Waals surface area contributed by atoms with E-state index in [1.165, 1.54) is 48.5 Å². The van der Waals surface area contributed by atoms with Gasteiger partial charge in [-0.1, -0.05) is 48.5 Å². The van der Waals surface area contributed by atoms with Crippen LogP contribution >= 0.6 is 15.8 Å². The van der Waals surface area contributed by atoms with Gasteiger partial charge in [0.2, 0.25) is 0 Å². The Hall–Kier alpha value is -2.19. The fourth-order valence-electron chi connectivity index (χ4n) is 4.93. The molecule has 0 aliphatic rings. The van der Waals surface area contributed by atoms with Crippen molar-refractivity contribution in [3.8, 4) is 0 Å². The van der Waals surface area contributed by atoms with E-state index in [2.05, 4.69) is 39.3 Å². The highest BCUT2D eigenvalue weighted by Gasteiger charge is 2.36. The van der Waals surface area contributed by atoms with Gasteiger partial charge in [0.1, 0.15) is 23.3 Å². The lowest BCUT2D eigenvalue weighted by atomic mass is 10.2. The maximum absolute atomic E-state index is 14.0.